The van der Waals surface area contributed by atoms with Gasteiger partial charge in [0.15, 0.2) is 0 Å². The minimum Gasteiger partial charge on any atom is -0.423 e. The first-order valence-electron chi connectivity index (χ1n) is 4.76. The summed E-state index contributed by atoms with van der Waals surface area (Å²) in [6.07, 6.45) is -2.53. The van der Waals surface area contributed by atoms with E-state index in [9.17, 15) is 8.78 Å². The summed E-state index contributed by atoms with van der Waals surface area (Å²) in [5, 5.41) is 18.9. The van der Waals surface area contributed by atoms with Crippen molar-refractivity contribution >= 4 is 23.4 Å². The van der Waals surface area contributed by atoms with E-state index < -0.39 is 13.5 Å². The molecule has 0 spiro atoms. The number of halogens is 2. The highest BCUT2D eigenvalue weighted by atomic mass is 19.3. The van der Waals surface area contributed by atoms with Gasteiger partial charge in [-0.3, -0.25) is 0 Å². The normalized spacial score (nSPS) is 11.1. The monoisotopic (exact) mass is 222 g/mol. The Bertz CT molecular complexity index is 514. The van der Waals surface area contributed by atoms with E-state index in [1.807, 2.05) is 0 Å². The van der Waals surface area contributed by atoms with Gasteiger partial charge in [0.05, 0.1) is 0 Å². The molecule has 16 heavy (non-hydrogen) atoms. The van der Waals surface area contributed by atoms with Crippen LogP contribution in [0.4, 0.5) is 8.78 Å². The predicted octanol–water partition coefficient (Wildman–Crippen LogP) is 1.46. The standard InChI is InChI=1S/C11H9BF2O2/c13-11(14)10-3-1-2-7-6-8(12(15)16)4-5-9(7)10/h1-6,11,15-16H. The lowest BCUT2D eigenvalue weighted by Crippen LogP contribution is -2.29. The first kappa shape index (κ1) is 11.0. The molecule has 0 atom stereocenters. The van der Waals surface area contributed by atoms with E-state index in [0.717, 1.165) is 0 Å². The van der Waals surface area contributed by atoms with Crippen LogP contribution >= 0.6 is 0 Å². The lowest BCUT2D eigenvalue weighted by atomic mass is 9.79. The van der Waals surface area contributed by atoms with Crippen LogP contribution in [0.1, 0.15) is 12.0 Å². The molecule has 0 aliphatic heterocycles. The van der Waals surface area contributed by atoms with Crippen molar-refractivity contribution in [2.24, 2.45) is 0 Å². The summed E-state index contributed by atoms with van der Waals surface area (Å²) in [5.41, 5.74) is 0.246. The van der Waals surface area contributed by atoms with Crippen LogP contribution < -0.4 is 5.46 Å². The van der Waals surface area contributed by atoms with Crippen LogP contribution in [0, 0.1) is 0 Å². The highest BCUT2D eigenvalue weighted by molar-refractivity contribution is 6.58. The van der Waals surface area contributed by atoms with E-state index in [4.69, 9.17) is 10.0 Å². The maximum absolute atomic E-state index is 12.7. The van der Waals surface area contributed by atoms with Crippen LogP contribution in [0.5, 0.6) is 0 Å². The van der Waals surface area contributed by atoms with Crippen LogP contribution in [0.2, 0.25) is 0 Å². The molecule has 0 saturated heterocycles. The molecule has 2 N–H and O–H groups in total. The summed E-state index contributed by atoms with van der Waals surface area (Å²) >= 11 is 0. The molecule has 5 heteroatoms. The zero-order valence-corrected chi connectivity index (χ0v) is 8.27. The molecular weight excluding hydrogens is 213 g/mol. The van der Waals surface area contributed by atoms with Gasteiger partial charge in [-0.1, -0.05) is 36.4 Å². The summed E-state index contributed by atoms with van der Waals surface area (Å²) in [5.74, 6) is 0. The summed E-state index contributed by atoms with van der Waals surface area (Å²) < 4.78 is 25.3. The molecule has 0 bridgehead atoms. The summed E-state index contributed by atoms with van der Waals surface area (Å²) in [4.78, 5) is 0. The zero-order valence-electron chi connectivity index (χ0n) is 8.27. The van der Waals surface area contributed by atoms with Crippen molar-refractivity contribution in [3.05, 3.63) is 42.0 Å². The van der Waals surface area contributed by atoms with Crippen LogP contribution in [0.15, 0.2) is 36.4 Å². The Kier molecular flexibility index (Phi) is 2.89. The Hall–Kier alpha value is -1.46. The Labute approximate surface area is 91.3 Å². The second-order valence-electron chi connectivity index (χ2n) is 3.50. The van der Waals surface area contributed by atoms with Crippen molar-refractivity contribution in [1.29, 1.82) is 0 Å². The number of fused-ring (bicyclic) bond motifs is 1. The van der Waals surface area contributed by atoms with E-state index in [-0.39, 0.29) is 5.56 Å². The number of hydrogen-bond acceptors (Lipinski definition) is 2. The van der Waals surface area contributed by atoms with Gasteiger partial charge >= 0.3 is 7.12 Å². The molecule has 0 heterocycles. The first-order chi connectivity index (χ1) is 7.59. The molecule has 0 aliphatic rings. The van der Waals surface area contributed by atoms with Crippen molar-refractivity contribution in [3.63, 3.8) is 0 Å². The Balaban J connectivity index is 2.64. The SMILES string of the molecule is OB(O)c1ccc2c(C(F)F)cccc2c1. The Morgan fingerprint density at radius 3 is 2.44 bits per heavy atom. The maximum Gasteiger partial charge on any atom is 0.488 e. The zero-order chi connectivity index (χ0) is 11.7. The minimum absolute atomic E-state index is 0.0449. The third-order valence-corrected chi connectivity index (χ3v) is 2.47. The van der Waals surface area contributed by atoms with E-state index in [0.29, 0.717) is 16.2 Å². The van der Waals surface area contributed by atoms with Crippen LogP contribution in [-0.2, 0) is 0 Å². The highest BCUT2D eigenvalue weighted by Gasteiger charge is 2.14. The fraction of sp³-hybridized carbons (Fsp3) is 0.0909. The van der Waals surface area contributed by atoms with E-state index in [2.05, 4.69) is 0 Å². The quantitative estimate of drug-likeness (QED) is 0.755. The average Bonchev–Trinajstić information content (AvgIpc) is 2.27. The fourth-order valence-electron chi connectivity index (χ4n) is 1.68. The van der Waals surface area contributed by atoms with E-state index >= 15 is 0 Å². The van der Waals surface area contributed by atoms with Crippen molar-refractivity contribution in [3.8, 4) is 0 Å². The van der Waals surface area contributed by atoms with Gasteiger partial charge in [-0.05, 0) is 16.2 Å². The van der Waals surface area contributed by atoms with Gasteiger partial charge in [0, 0.05) is 5.56 Å². The van der Waals surface area contributed by atoms with Gasteiger partial charge in [-0.15, -0.1) is 0 Å². The first-order valence-corrected chi connectivity index (χ1v) is 4.76. The summed E-state index contributed by atoms with van der Waals surface area (Å²) in [6, 6.07) is 8.95. The second kappa shape index (κ2) is 4.19. The van der Waals surface area contributed by atoms with Crippen molar-refractivity contribution in [2.75, 3.05) is 0 Å². The predicted molar refractivity (Wildman–Crippen MR) is 58.7 cm³/mol. The van der Waals surface area contributed by atoms with Gasteiger partial charge in [-0.25, -0.2) is 8.78 Å². The third-order valence-electron chi connectivity index (χ3n) is 2.47. The third kappa shape index (κ3) is 1.92. The second-order valence-corrected chi connectivity index (χ2v) is 3.50. The average molecular weight is 222 g/mol. The molecule has 0 amide bonds. The largest absolute Gasteiger partial charge is 0.488 e. The van der Waals surface area contributed by atoms with Crippen molar-refractivity contribution < 1.29 is 18.8 Å². The molecule has 82 valence electrons. The maximum atomic E-state index is 12.7. The number of benzene rings is 2. The number of alkyl halides is 2. The summed E-state index contributed by atoms with van der Waals surface area (Å²) in [7, 11) is -1.58. The molecule has 0 unspecified atom stereocenters. The molecule has 0 aromatic heterocycles. The smallest absolute Gasteiger partial charge is 0.423 e. The molecule has 2 aromatic carbocycles. The van der Waals surface area contributed by atoms with E-state index in [1.165, 1.54) is 30.3 Å². The molecule has 0 radical (unpaired) electrons. The van der Waals surface area contributed by atoms with Gasteiger partial charge < -0.3 is 10.0 Å². The summed E-state index contributed by atoms with van der Waals surface area (Å²) in [6.45, 7) is 0. The van der Waals surface area contributed by atoms with E-state index in [1.54, 1.807) is 6.07 Å². The van der Waals surface area contributed by atoms with Crippen LogP contribution in [-0.4, -0.2) is 17.2 Å². The topological polar surface area (TPSA) is 40.5 Å². The number of rotatable bonds is 2. The molecule has 2 aromatic rings. The molecule has 0 aliphatic carbocycles. The minimum atomic E-state index is -2.53. The molecule has 2 rings (SSSR count). The van der Waals surface area contributed by atoms with Gasteiger partial charge in [0.1, 0.15) is 0 Å². The highest BCUT2D eigenvalue weighted by Crippen LogP contribution is 2.26. The molecule has 0 saturated carbocycles. The Morgan fingerprint density at radius 1 is 1.06 bits per heavy atom. The van der Waals surface area contributed by atoms with Gasteiger partial charge in [-0.2, -0.15) is 0 Å². The van der Waals surface area contributed by atoms with Crippen LogP contribution in [0.25, 0.3) is 10.8 Å². The molecular formula is C11H9BF2O2. The van der Waals surface area contributed by atoms with Crippen molar-refractivity contribution in [2.45, 2.75) is 6.43 Å². The lowest BCUT2D eigenvalue weighted by molar-refractivity contribution is 0.153. The lowest BCUT2D eigenvalue weighted by Gasteiger charge is -2.07. The van der Waals surface area contributed by atoms with Gasteiger partial charge in [0.2, 0.25) is 0 Å². The molecule has 2 nitrogen and oxygen atoms in total. The van der Waals surface area contributed by atoms with Gasteiger partial charge in [0.25, 0.3) is 6.43 Å². The van der Waals surface area contributed by atoms with Crippen LogP contribution in [0.3, 0.4) is 0 Å². The van der Waals surface area contributed by atoms with Crippen molar-refractivity contribution in [1.82, 2.24) is 0 Å². The Morgan fingerprint density at radius 2 is 1.81 bits per heavy atom. The fourth-order valence-corrected chi connectivity index (χ4v) is 1.68. The number of hydrogen-bond donors (Lipinski definition) is 2. The molecule has 0 fully saturated rings.